The Morgan fingerprint density at radius 1 is 1.10 bits per heavy atom. The number of oxime groups is 1. The highest BCUT2D eigenvalue weighted by atomic mass is 32.2. The zero-order valence-corrected chi connectivity index (χ0v) is 30.1. The number of aromatic nitrogens is 1. The van der Waals surface area contributed by atoms with Gasteiger partial charge in [0.15, 0.2) is 0 Å². The van der Waals surface area contributed by atoms with Crippen molar-refractivity contribution >= 4 is 39.5 Å². The Bertz CT molecular complexity index is 1670. The van der Waals surface area contributed by atoms with E-state index in [1.54, 1.807) is 22.4 Å². The summed E-state index contributed by atoms with van der Waals surface area (Å²) in [6.07, 6.45) is 0.179. The Morgan fingerprint density at radius 3 is 2.41 bits per heavy atom. The molecule has 0 bridgehead atoms. The maximum Gasteiger partial charge on any atom is 0.321 e. The average molecular weight is 715 g/mol. The summed E-state index contributed by atoms with van der Waals surface area (Å²) in [5.74, 6) is -0.230. The van der Waals surface area contributed by atoms with E-state index in [4.69, 9.17) is 9.94 Å². The standard InChI is InChI=1S/C34H46N6O7S2/c1-23(2)19-39(49(45,46)28-13-11-27(47-5)12-14-28)21-30(41)29(17-25-9-7-6-8-10-25)37-33(42)32(24(3)4)40-16-15-38(34(40)43)20-26-22-48-31(36-26)18-35-44/h6-14,18,22-24,29-30,32,41,44H,15-17,19-21H2,1-5H3,(H,37,42)/b35-18-/t29-,30+,32-/m0/s1. The number of benzene rings is 2. The molecule has 1 fully saturated rings. The van der Waals surface area contributed by atoms with Gasteiger partial charge in [-0.25, -0.2) is 18.2 Å². The molecule has 49 heavy (non-hydrogen) atoms. The third kappa shape index (κ3) is 9.78. The maximum absolute atomic E-state index is 14.1. The molecule has 266 valence electrons. The first-order chi connectivity index (χ1) is 23.3. The van der Waals surface area contributed by atoms with Gasteiger partial charge in [0.2, 0.25) is 15.9 Å². The van der Waals surface area contributed by atoms with Crippen LogP contribution in [-0.2, 0) is 27.8 Å². The number of carbonyl (C=O) groups is 2. The van der Waals surface area contributed by atoms with Crippen LogP contribution in [-0.4, -0.2) is 107 Å². The molecule has 3 aromatic rings. The number of aliphatic hydroxyl groups is 1. The predicted octanol–water partition coefficient (Wildman–Crippen LogP) is 3.66. The molecule has 3 atom stereocenters. The molecule has 0 saturated carbocycles. The van der Waals surface area contributed by atoms with Crippen molar-refractivity contribution in [3.05, 3.63) is 76.2 Å². The Labute approximate surface area is 292 Å². The molecule has 13 nitrogen and oxygen atoms in total. The summed E-state index contributed by atoms with van der Waals surface area (Å²) in [5, 5.41) is 28.8. The van der Waals surface area contributed by atoms with Crippen LogP contribution in [0, 0.1) is 11.8 Å². The molecule has 0 aliphatic carbocycles. The fourth-order valence-electron chi connectivity index (χ4n) is 5.84. The lowest BCUT2D eigenvalue weighted by molar-refractivity contribution is -0.128. The molecular formula is C34H46N6O7S2. The van der Waals surface area contributed by atoms with E-state index in [0.717, 1.165) is 5.56 Å². The minimum atomic E-state index is -4.01. The van der Waals surface area contributed by atoms with Gasteiger partial charge in [-0.15, -0.1) is 11.3 Å². The van der Waals surface area contributed by atoms with Crippen LogP contribution in [0.4, 0.5) is 4.79 Å². The number of sulfonamides is 1. The van der Waals surface area contributed by atoms with Crippen LogP contribution in [0.2, 0.25) is 0 Å². The number of hydrogen-bond acceptors (Lipinski definition) is 10. The van der Waals surface area contributed by atoms with Gasteiger partial charge in [0.05, 0.1) is 36.4 Å². The van der Waals surface area contributed by atoms with Gasteiger partial charge >= 0.3 is 6.03 Å². The molecule has 2 aromatic carbocycles. The molecule has 3 N–H and O–H groups in total. The van der Waals surface area contributed by atoms with Crippen LogP contribution < -0.4 is 10.1 Å². The topological polar surface area (TPSA) is 165 Å². The summed E-state index contributed by atoms with van der Waals surface area (Å²) in [6, 6.07) is 13.4. The molecular weight excluding hydrogens is 669 g/mol. The van der Waals surface area contributed by atoms with Crippen LogP contribution in [0.5, 0.6) is 5.75 Å². The predicted molar refractivity (Wildman–Crippen MR) is 187 cm³/mol. The van der Waals surface area contributed by atoms with E-state index in [0.29, 0.717) is 29.5 Å². The van der Waals surface area contributed by atoms with Gasteiger partial charge in [-0.1, -0.05) is 63.2 Å². The van der Waals surface area contributed by atoms with Crippen molar-refractivity contribution in [2.24, 2.45) is 17.0 Å². The normalized spacial score (nSPS) is 15.8. The molecule has 15 heteroatoms. The van der Waals surface area contributed by atoms with Gasteiger partial charge in [0, 0.05) is 31.6 Å². The van der Waals surface area contributed by atoms with Crippen molar-refractivity contribution in [2.45, 2.75) is 63.7 Å². The van der Waals surface area contributed by atoms with Crippen molar-refractivity contribution < 1.29 is 33.1 Å². The lowest BCUT2D eigenvalue weighted by Crippen LogP contribution is -2.57. The number of thiazole rings is 1. The highest BCUT2D eigenvalue weighted by molar-refractivity contribution is 7.89. The summed E-state index contributed by atoms with van der Waals surface area (Å²) in [7, 11) is -2.51. The largest absolute Gasteiger partial charge is 0.497 e. The summed E-state index contributed by atoms with van der Waals surface area (Å²) in [5.41, 5.74) is 1.49. The summed E-state index contributed by atoms with van der Waals surface area (Å²) in [6.45, 7) is 8.34. The van der Waals surface area contributed by atoms with Crippen molar-refractivity contribution in [1.29, 1.82) is 0 Å². The Hall–Kier alpha value is -4.05. The molecule has 0 radical (unpaired) electrons. The lowest BCUT2D eigenvalue weighted by Gasteiger charge is -2.34. The molecule has 4 rings (SSSR count). The molecule has 0 unspecified atom stereocenters. The van der Waals surface area contributed by atoms with E-state index >= 15 is 0 Å². The number of ether oxygens (including phenoxy) is 1. The highest BCUT2D eigenvalue weighted by Crippen LogP contribution is 2.24. The van der Waals surface area contributed by atoms with Crippen LogP contribution in [0.25, 0.3) is 0 Å². The fraction of sp³-hybridized carbons (Fsp3) is 0.471. The number of nitrogens with zero attached hydrogens (tertiary/aromatic N) is 5. The summed E-state index contributed by atoms with van der Waals surface area (Å²) < 4.78 is 34.1. The number of aliphatic hydroxyl groups excluding tert-OH is 1. The summed E-state index contributed by atoms with van der Waals surface area (Å²) in [4.78, 5) is 35.2. The van der Waals surface area contributed by atoms with Crippen LogP contribution in [0.1, 0.15) is 44.0 Å². The summed E-state index contributed by atoms with van der Waals surface area (Å²) >= 11 is 1.29. The first-order valence-electron chi connectivity index (χ1n) is 16.2. The molecule has 0 spiro atoms. The van der Waals surface area contributed by atoms with Crippen molar-refractivity contribution in [2.75, 3.05) is 33.3 Å². The minimum absolute atomic E-state index is 0.0458. The lowest BCUT2D eigenvalue weighted by atomic mass is 9.97. The maximum atomic E-state index is 14.1. The van der Waals surface area contributed by atoms with Crippen LogP contribution >= 0.6 is 11.3 Å². The monoisotopic (exact) mass is 714 g/mol. The van der Waals surface area contributed by atoms with E-state index < -0.39 is 34.1 Å². The first kappa shape index (κ1) is 37.8. The quantitative estimate of drug-likeness (QED) is 0.108. The van der Waals surface area contributed by atoms with Gasteiger partial charge in [-0.05, 0) is 48.1 Å². The van der Waals surface area contributed by atoms with Gasteiger partial charge in [-0.2, -0.15) is 4.31 Å². The number of urea groups is 1. The average Bonchev–Trinajstić information content (AvgIpc) is 3.66. The van der Waals surface area contributed by atoms with E-state index in [-0.39, 0.29) is 48.8 Å². The second-order valence-electron chi connectivity index (χ2n) is 12.8. The molecule has 2 heterocycles. The van der Waals surface area contributed by atoms with E-state index in [1.165, 1.54) is 46.0 Å². The molecule has 1 saturated heterocycles. The third-order valence-electron chi connectivity index (χ3n) is 8.20. The number of amides is 3. The number of carbonyl (C=O) groups excluding carboxylic acids is 2. The Kier molecular flexibility index (Phi) is 13.1. The molecule has 3 amide bonds. The van der Waals surface area contributed by atoms with Gasteiger partial charge in [0.25, 0.3) is 0 Å². The smallest absolute Gasteiger partial charge is 0.321 e. The fourth-order valence-corrected chi connectivity index (χ4v) is 8.12. The second-order valence-corrected chi connectivity index (χ2v) is 15.6. The van der Waals surface area contributed by atoms with Crippen LogP contribution in [0.15, 0.2) is 70.0 Å². The highest BCUT2D eigenvalue weighted by Gasteiger charge is 2.40. The SMILES string of the molecule is COc1ccc(S(=O)(=O)N(CC(C)C)C[C@@H](O)[C@H](Cc2ccccc2)NC(=O)[C@H](C(C)C)N2CCN(Cc3csc(/C=N\O)n3)C2=O)cc1. The second kappa shape index (κ2) is 17.1. The number of nitrogens with one attached hydrogen (secondary N) is 1. The number of methoxy groups -OCH3 is 1. The first-order valence-corrected chi connectivity index (χ1v) is 18.5. The zero-order valence-electron chi connectivity index (χ0n) is 28.5. The minimum Gasteiger partial charge on any atom is -0.497 e. The van der Waals surface area contributed by atoms with Crippen molar-refractivity contribution in [1.82, 2.24) is 24.4 Å². The van der Waals surface area contributed by atoms with Crippen molar-refractivity contribution in [3.8, 4) is 5.75 Å². The molecule has 1 aromatic heterocycles. The van der Waals surface area contributed by atoms with Crippen molar-refractivity contribution in [3.63, 3.8) is 0 Å². The van der Waals surface area contributed by atoms with E-state index in [9.17, 15) is 23.1 Å². The molecule has 1 aliphatic heterocycles. The number of rotatable bonds is 17. The van der Waals surface area contributed by atoms with Crippen LogP contribution in [0.3, 0.4) is 0 Å². The van der Waals surface area contributed by atoms with E-state index in [1.807, 2.05) is 58.0 Å². The molecule has 1 aliphatic rings. The zero-order chi connectivity index (χ0) is 35.7. The number of hydrogen-bond donors (Lipinski definition) is 3. The van der Waals surface area contributed by atoms with Gasteiger partial charge in [0.1, 0.15) is 23.0 Å². The Balaban J connectivity index is 1.55. The van der Waals surface area contributed by atoms with E-state index in [2.05, 4.69) is 15.5 Å². The Morgan fingerprint density at radius 2 is 1.80 bits per heavy atom. The van der Waals surface area contributed by atoms with Gasteiger partial charge < -0.3 is 30.2 Å². The van der Waals surface area contributed by atoms with Gasteiger partial charge in [-0.3, -0.25) is 4.79 Å². The third-order valence-corrected chi connectivity index (χ3v) is 10.9.